The van der Waals surface area contributed by atoms with Crippen molar-refractivity contribution in [3.05, 3.63) is 21.4 Å². The highest BCUT2D eigenvalue weighted by atomic mass is 32.1. The molecule has 1 aliphatic rings. The Morgan fingerprint density at radius 3 is 2.75 bits per heavy atom. The van der Waals surface area contributed by atoms with Gasteiger partial charge in [0.25, 0.3) is 5.91 Å². The Morgan fingerprint density at radius 2 is 2.20 bits per heavy atom. The number of aliphatic carboxylic acids is 1. The van der Waals surface area contributed by atoms with E-state index in [0.29, 0.717) is 17.2 Å². The van der Waals surface area contributed by atoms with Crippen LogP contribution in [-0.2, 0) is 11.2 Å². The van der Waals surface area contributed by atoms with Crippen LogP contribution < -0.4 is 5.32 Å². The molecular formula is C15H21NO3S. The van der Waals surface area contributed by atoms with Crippen LogP contribution in [-0.4, -0.2) is 23.0 Å². The molecule has 110 valence electrons. The number of hydrogen-bond acceptors (Lipinski definition) is 3. The third-order valence-corrected chi connectivity index (χ3v) is 4.72. The number of nitrogens with one attached hydrogen (secondary N) is 1. The van der Waals surface area contributed by atoms with Crippen molar-refractivity contribution in [3.8, 4) is 0 Å². The minimum atomic E-state index is -0.938. The van der Waals surface area contributed by atoms with Gasteiger partial charge in [-0.25, -0.2) is 4.79 Å². The molecule has 5 heteroatoms. The summed E-state index contributed by atoms with van der Waals surface area (Å²) in [4.78, 5) is 25.1. The third kappa shape index (κ3) is 3.82. The fourth-order valence-electron chi connectivity index (χ4n) is 2.29. The van der Waals surface area contributed by atoms with Crippen molar-refractivity contribution in [1.82, 2.24) is 5.32 Å². The number of carboxylic acids is 1. The summed E-state index contributed by atoms with van der Waals surface area (Å²) >= 11 is 1.45. The maximum Gasteiger partial charge on any atom is 0.326 e. The summed E-state index contributed by atoms with van der Waals surface area (Å²) in [6.45, 7) is 4.11. The van der Waals surface area contributed by atoms with Gasteiger partial charge in [0.05, 0.1) is 4.88 Å². The van der Waals surface area contributed by atoms with Crippen molar-refractivity contribution >= 4 is 23.2 Å². The van der Waals surface area contributed by atoms with Crippen LogP contribution in [0.15, 0.2) is 6.07 Å². The van der Waals surface area contributed by atoms with Crippen molar-refractivity contribution in [2.75, 3.05) is 0 Å². The van der Waals surface area contributed by atoms with Gasteiger partial charge in [0.2, 0.25) is 0 Å². The molecule has 0 saturated heterocycles. The second-order valence-electron chi connectivity index (χ2n) is 5.49. The van der Waals surface area contributed by atoms with Crippen LogP contribution in [0.25, 0.3) is 0 Å². The molecule has 1 atom stereocenters. The molecule has 2 rings (SSSR count). The maximum absolute atomic E-state index is 12.2. The second-order valence-corrected chi connectivity index (χ2v) is 6.74. The normalized spacial score (nSPS) is 15.9. The van der Waals surface area contributed by atoms with Gasteiger partial charge in [-0.15, -0.1) is 11.3 Å². The number of carboxylic acid groups (broad SMARTS) is 1. The molecule has 1 amide bonds. The van der Waals surface area contributed by atoms with Crippen LogP contribution in [0.5, 0.6) is 0 Å². The van der Waals surface area contributed by atoms with Gasteiger partial charge in [-0.2, -0.15) is 0 Å². The van der Waals surface area contributed by atoms with E-state index in [4.69, 9.17) is 0 Å². The zero-order chi connectivity index (χ0) is 14.7. The highest BCUT2D eigenvalue weighted by molar-refractivity contribution is 7.14. The van der Waals surface area contributed by atoms with Crippen LogP contribution >= 0.6 is 11.3 Å². The molecule has 1 aliphatic carbocycles. The topological polar surface area (TPSA) is 66.4 Å². The first-order valence-corrected chi connectivity index (χ1v) is 7.95. The van der Waals surface area contributed by atoms with E-state index in [9.17, 15) is 14.7 Å². The van der Waals surface area contributed by atoms with Crippen molar-refractivity contribution in [2.24, 2.45) is 5.92 Å². The molecule has 0 radical (unpaired) electrons. The van der Waals surface area contributed by atoms with E-state index >= 15 is 0 Å². The van der Waals surface area contributed by atoms with Gasteiger partial charge in [0, 0.05) is 4.88 Å². The molecule has 1 saturated carbocycles. The first kappa shape index (κ1) is 15.0. The van der Waals surface area contributed by atoms with E-state index in [1.165, 1.54) is 16.9 Å². The number of amides is 1. The Labute approximate surface area is 123 Å². The number of aryl methyl sites for hydroxylation is 2. The van der Waals surface area contributed by atoms with Gasteiger partial charge in [0.15, 0.2) is 0 Å². The smallest absolute Gasteiger partial charge is 0.326 e. The van der Waals surface area contributed by atoms with Crippen LogP contribution in [0.1, 0.15) is 52.7 Å². The molecule has 2 N–H and O–H groups in total. The highest BCUT2D eigenvalue weighted by Crippen LogP contribution is 2.33. The van der Waals surface area contributed by atoms with Gasteiger partial charge in [-0.3, -0.25) is 4.79 Å². The van der Waals surface area contributed by atoms with E-state index in [1.807, 2.05) is 13.0 Å². The van der Waals surface area contributed by atoms with Gasteiger partial charge in [-0.1, -0.05) is 26.2 Å². The molecule has 1 fully saturated rings. The SMILES string of the molecule is CCCc1cc(C(=O)NC(CC2CC2)C(=O)O)sc1C. The lowest BCUT2D eigenvalue weighted by atomic mass is 10.1. The lowest BCUT2D eigenvalue weighted by Crippen LogP contribution is -2.40. The highest BCUT2D eigenvalue weighted by Gasteiger charge is 2.30. The van der Waals surface area contributed by atoms with Gasteiger partial charge in [-0.05, 0) is 37.3 Å². The van der Waals surface area contributed by atoms with Gasteiger partial charge >= 0.3 is 5.97 Å². The first-order valence-electron chi connectivity index (χ1n) is 7.14. The average Bonchev–Trinajstić information content (AvgIpc) is 3.13. The summed E-state index contributed by atoms with van der Waals surface area (Å²) in [5, 5.41) is 11.8. The summed E-state index contributed by atoms with van der Waals surface area (Å²) < 4.78 is 0. The largest absolute Gasteiger partial charge is 0.480 e. The minimum Gasteiger partial charge on any atom is -0.480 e. The quantitative estimate of drug-likeness (QED) is 0.812. The fraction of sp³-hybridized carbons (Fsp3) is 0.600. The average molecular weight is 295 g/mol. The summed E-state index contributed by atoms with van der Waals surface area (Å²) in [7, 11) is 0. The van der Waals surface area contributed by atoms with E-state index in [-0.39, 0.29) is 5.91 Å². The molecule has 1 heterocycles. The molecule has 20 heavy (non-hydrogen) atoms. The molecule has 1 aromatic heterocycles. The second kappa shape index (κ2) is 6.39. The van der Waals surface area contributed by atoms with Crippen molar-refractivity contribution in [2.45, 2.75) is 52.0 Å². The lowest BCUT2D eigenvalue weighted by molar-refractivity contribution is -0.139. The fourth-order valence-corrected chi connectivity index (χ4v) is 3.26. The molecule has 1 aromatic rings. The predicted octanol–water partition coefficient (Wildman–Crippen LogP) is 2.99. The molecule has 4 nitrogen and oxygen atoms in total. The monoisotopic (exact) mass is 295 g/mol. The predicted molar refractivity (Wildman–Crippen MR) is 79.3 cm³/mol. The lowest BCUT2D eigenvalue weighted by Gasteiger charge is -2.13. The molecule has 0 aliphatic heterocycles. The minimum absolute atomic E-state index is 0.256. The molecule has 0 bridgehead atoms. The Morgan fingerprint density at radius 1 is 1.50 bits per heavy atom. The molecule has 0 spiro atoms. The summed E-state index contributed by atoms with van der Waals surface area (Å²) in [5.74, 6) is -0.724. The van der Waals surface area contributed by atoms with Crippen LogP contribution in [0.4, 0.5) is 0 Å². The zero-order valence-electron chi connectivity index (χ0n) is 11.9. The Bertz CT molecular complexity index is 505. The molecule has 0 aromatic carbocycles. The van der Waals surface area contributed by atoms with E-state index < -0.39 is 12.0 Å². The molecule has 1 unspecified atom stereocenters. The standard InChI is InChI=1S/C15H21NO3S/c1-3-4-11-8-13(20-9(11)2)14(17)16-12(15(18)19)7-10-5-6-10/h8,10,12H,3-7H2,1-2H3,(H,16,17)(H,18,19). The number of carbonyl (C=O) groups is 2. The first-order chi connectivity index (χ1) is 9.51. The van der Waals surface area contributed by atoms with E-state index in [1.54, 1.807) is 0 Å². The van der Waals surface area contributed by atoms with Crippen molar-refractivity contribution in [3.63, 3.8) is 0 Å². The zero-order valence-corrected chi connectivity index (χ0v) is 12.8. The maximum atomic E-state index is 12.2. The summed E-state index contributed by atoms with van der Waals surface area (Å²) in [6.07, 6.45) is 4.71. The number of carbonyl (C=O) groups excluding carboxylic acids is 1. The third-order valence-electron chi connectivity index (χ3n) is 3.63. The van der Waals surface area contributed by atoms with Crippen LogP contribution in [0, 0.1) is 12.8 Å². The Balaban J connectivity index is 2.01. The Kier molecular flexibility index (Phi) is 4.81. The van der Waals surface area contributed by atoms with Crippen LogP contribution in [0.3, 0.4) is 0 Å². The van der Waals surface area contributed by atoms with Crippen molar-refractivity contribution in [1.29, 1.82) is 0 Å². The van der Waals surface area contributed by atoms with E-state index in [2.05, 4.69) is 12.2 Å². The van der Waals surface area contributed by atoms with E-state index in [0.717, 1.165) is 30.6 Å². The van der Waals surface area contributed by atoms with Crippen LogP contribution in [0.2, 0.25) is 0 Å². The summed E-state index contributed by atoms with van der Waals surface area (Å²) in [5.41, 5.74) is 1.19. The van der Waals surface area contributed by atoms with Gasteiger partial charge in [0.1, 0.15) is 6.04 Å². The number of thiophene rings is 1. The Hall–Kier alpha value is -1.36. The van der Waals surface area contributed by atoms with Crippen molar-refractivity contribution < 1.29 is 14.7 Å². The number of rotatable bonds is 7. The molecular weight excluding hydrogens is 274 g/mol. The van der Waals surface area contributed by atoms with Gasteiger partial charge < -0.3 is 10.4 Å². The summed E-state index contributed by atoms with van der Waals surface area (Å²) in [6, 6.07) is 1.14. The number of hydrogen-bond donors (Lipinski definition) is 2.